The van der Waals surface area contributed by atoms with Crippen molar-refractivity contribution in [3.63, 3.8) is 0 Å². The quantitative estimate of drug-likeness (QED) is 0.659. The minimum atomic E-state index is 0.132. The summed E-state index contributed by atoms with van der Waals surface area (Å²) in [6, 6.07) is 13.9. The molecule has 0 aromatic heterocycles. The number of anilines is 1. The molecule has 1 aliphatic rings. The molecule has 0 N–H and O–H groups in total. The van der Waals surface area contributed by atoms with Crippen LogP contribution in [0.3, 0.4) is 0 Å². The number of piperazine rings is 1. The smallest absolute Gasteiger partial charge is 0.240 e. The van der Waals surface area contributed by atoms with E-state index in [1.54, 1.807) is 12.0 Å². The predicted octanol–water partition coefficient (Wildman–Crippen LogP) is 4.25. The number of carbonyl (C=O) groups is 1. The number of halogens is 1. The molecule has 1 saturated heterocycles. The second-order valence-electron chi connectivity index (χ2n) is 8.17. The first kappa shape index (κ1) is 22.6. The molecule has 162 valence electrons. The molecule has 0 atom stereocenters. The van der Waals surface area contributed by atoms with Gasteiger partial charge in [-0.1, -0.05) is 43.6 Å². The van der Waals surface area contributed by atoms with Gasteiger partial charge in [-0.3, -0.25) is 14.6 Å². The van der Waals surface area contributed by atoms with Crippen LogP contribution in [-0.4, -0.2) is 62.6 Å². The van der Waals surface area contributed by atoms with Gasteiger partial charge >= 0.3 is 0 Å². The summed E-state index contributed by atoms with van der Waals surface area (Å²) < 4.78 is 5.46. The summed E-state index contributed by atoms with van der Waals surface area (Å²) in [6.45, 7) is 9.12. The van der Waals surface area contributed by atoms with Gasteiger partial charge in [-0.15, -0.1) is 0 Å². The zero-order chi connectivity index (χ0) is 21.7. The average Bonchev–Trinajstić information content (AvgIpc) is 2.74. The van der Waals surface area contributed by atoms with E-state index in [2.05, 4.69) is 29.7 Å². The number of likely N-dealkylation sites (N-methyl/N-ethyl adjacent to an activating group) is 1. The normalized spacial score (nSPS) is 15.4. The van der Waals surface area contributed by atoms with E-state index < -0.39 is 0 Å². The second-order valence-corrected chi connectivity index (χ2v) is 8.61. The lowest BCUT2D eigenvalue weighted by molar-refractivity contribution is -0.119. The van der Waals surface area contributed by atoms with Crippen molar-refractivity contribution in [2.24, 2.45) is 0 Å². The Morgan fingerprint density at radius 3 is 2.43 bits per heavy atom. The Balaban J connectivity index is 1.55. The van der Waals surface area contributed by atoms with Gasteiger partial charge in [0.15, 0.2) is 0 Å². The van der Waals surface area contributed by atoms with Gasteiger partial charge in [-0.2, -0.15) is 0 Å². The van der Waals surface area contributed by atoms with Gasteiger partial charge in [-0.05, 0) is 35.7 Å². The Labute approximate surface area is 185 Å². The number of ether oxygens (including phenoxy) is 1. The molecule has 1 amide bonds. The number of hydrogen-bond acceptors (Lipinski definition) is 4. The fourth-order valence-electron chi connectivity index (χ4n) is 3.93. The molecule has 1 fully saturated rings. The van der Waals surface area contributed by atoms with E-state index in [0.717, 1.165) is 54.7 Å². The fraction of sp³-hybridized carbons (Fsp3) is 0.458. The fourth-order valence-corrected chi connectivity index (χ4v) is 4.12. The molecule has 1 heterocycles. The lowest BCUT2D eigenvalue weighted by Gasteiger charge is -2.35. The van der Waals surface area contributed by atoms with Crippen LogP contribution >= 0.6 is 11.6 Å². The molecule has 30 heavy (non-hydrogen) atoms. The number of carbonyl (C=O) groups excluding carboxylic acids is 1. The maximum Gasteiger partial charge on any atom is 0.240 e. The highest BCUT2D eigenvalue weighted by atomic mass is 35.5. The van der Waals surface area contributed by atoms with Gasteiger partial charge in [0.05, 0.1) is 13.7 Å². The van der Waals surface area contributed by atoms with Crippen LogP contribution in [0, 0.1) is 0 Å². The summed E-state index contributed by atoms with van der Waals surface area (Å²) in [6.07, 6.45) is 0. The highest BCUT2D eigenvalue weighted by Gasteiger charge is 2.23. The Hall–Kier alpha value is -2.08. The first-order valence-corrected chi connectivity index (χ1v) is 10.9. The number of rotatable bonds is 7. The standard InChI is InChI=1S/C24H32ClN3O2/c1-18(2)21-7-5-6-8-22(21)26(3)24(29)17-28-13-11-27(12-14-28)16-19-15-20(25)9-10-23(19)30-4/h5-10,15,18H,11-14,16-17H2,1-4H3. The highest BCUT2D eigenvalue weighted by Crippen LogP contribution is 2.27. The van der Waals surface area contributed by atoms with Crippen molar-refractivity contribution in [2.45, 2.75) is 26.3 Å². The molecule has 0 saturated carbocycles. The van der Waals surface area contributed by atoms with E-state index in [-0.39, 0.29) is 5.91 Å². The number of hydrogen-bond donors (Lipinski definition) is 0. The molecule has 0 radical (unpaired) electrons. The Bertz CT molecular complexity index is 863. The molecule has 2 aromatic carbocycles. The molecule has 0 aliphatic carbocycles. The van der Waals surface area contributed by atoms with Gasteiger partial charge in [0.2, 0.25) is 5.91 Å². The van der Waals surface area contributed by atoms with Crippen LogP contribution in [-0.2, 0) is 11.3 Å². The van der Waals surface area contributed by atoms with Crippen LogP contribution < -0.4 is 9.64 Å². The van der Waals surface area contributed by atoms with Crippen LogP contribution in [0.1, 0.15) is 30.9 Å². The van der Waals surface area contributed by atoms with E-state index in [0.29, 0.717) is 12.5 Å². The zero-order valence-corrected chi connectivity index (χ0v) is 19.2. The Morgan fingerprint density at radius 2 is 1.77 bits per heavy atom. The number of para-hydroxylation sites is 1. The predicted molar refractivity (Wildman–Crippen MR) is 124 cm³/mol. The third-order valence-corrected chi connectivity index (χ3v) is 5.99. The van der Waals surface area contributed by atoms with Crippen molar-refractivity contribution in [1.29, 1.82) is 0 Å². The minimum absolute atomic E-state index is 0.132. The van der Waals surface area contributed by atoms with Gasteiger partial charge in [0, 0.05) is 56.0 Å². The summed E-state index contributed by atoms with van der Waals surface area (Å²) in [7, 11) is 3.56. The lowest BCUT2D eigenvalue weighted by Crippen LogP contribution is -2.49. The maximum absolute atomic E-state index is 12.9. The number of nitrogens with zero attached hydrogens (tertiary/aromatic N) is 3. The SMILES string of the molecule is COc1ccc(Cl)cc1CN1CCN(CC(=O)N(C)c2ccccc2C(C)C)CC1. The molecule has 6 heteroatoms. The van der Waals surface area contributed by atoms with E-state index in [1.165, 1.54) is 5.56 Å². The number of amides is 1. The molecule has 3 rings (SSSR count). The van der Waals surface area contributed by atoms with Crippen molar-refractivity contribution in [3.05, 3.63) is 58.6 Å². The van der Waals surface area contributed by atoms with Crippen LogP contribution in [0.25, 0.3) is 0 Å². The zero-order valence-electron chi connectivity index (χ0n) is 18.4. The molecule has 0 bridgehead atoms. The topological polar surface area (TPSA) is 36.0 Å². The molecule has 5 nitrogen and oxygen atoms in total. The summed E-state index contributed by atoms with van der Waals surface area (Å²) in [5.74, 6) is 1.37. The van der Waals surface area contributed by atoms with Gasteiger partial charge in [0.25, 0.3) is 0 Å². The van der Waals surface area contributed by atoms with Crippen molar-refractivity contribution in [1.82, 2.24) is 9.80 Å². The maximum atomic E-state index is 12.9. The largest absolute Gasteiger partial charge is 0.496 e. The van der Waals surface area contributed by atoms with E-state index in [4.69, 9.17) is 16.3 Å². The van der Waals surface area contributed by atoms with Crippen LogP contribution in [0.2, 0.25) is 5.02 Å². The Kier molecular flexibility index (Phi) is 7.75. The van der Waals surface area contributed by atoms with Crippen LogP contribution in [0.4, 0.5) is 5.69 Å². The van der Waals surface area contributed by atoms with Crippen molar-refractivity contribution in [3.8, 4) is 5.75 Å². The van der Waals surface area contributed by atoms with Crippen molar-refractivity contribution >= 4 is 23.2 Å². The Morgan fingerprint density at radius 1 is 1.10 bits per heavy atom. The third-order valence-electron chi connectivity index (χ3n) is 5.75. The lowest BCUT2D eigenvalue weighted by atomic mass is 10.0. The van der Waals surface area contributed by atoms with Crippen molar-refractivity contribution in [2.75, 3.05) is 51.8 Å². The van der Waals surface area contributed by atoms with Crippen molar-refractivity contribution < 1.29 is 9.53 Å². The first-order chi connectivity index (χ1) is 14.4. The summed E-state index contributed by atoms with van der Waals surface area (Å²) in [4.78, 5) is 19.3. The van der Waals surface area contributed by atoms with Gasteiger partial charge < -0.3 is 9.64 Å². The summed E-state index contributed by atoms with van der Waals surface area (Å²) in [5.41, 5.74) is 3.30. The summed E-state index contributed by atoms with van der Waals surface area (Å²) >= 11 is 6.16. The average molecular weight is 430 g/mol. The third kappa shape index (κ3) is 5.54. The van der Waals surface area contributed by atoms with Crippen LogP contribution in [0.15, 0.2) is 42.5 Å². The molecule has 0 unspecified atom stereocenters. The number of benzene rings is 2. The van der Waals surface area contributed by atoms with E-state index in [9.17, 15) is 4.79 Å². The number of methoxy groups -OCH3 is 1. The summed E-state index contributed by atoms with van der Waals surface area (Å²) in [5, 5.41) is 0.722. The first-order valence-electron chi connectivity index (χ1n) is 10.5. The minimum Gasteiger partial charge on any atom is -0.496 e. The molecule has 0 spiro atoms. The molecular formula is C24H32ClN3O2. The van der Waals surface area contributed by atoms with Gasteiger partial charge in [-0.25, -0.2) is 0 Å². The molecule has 1 aliphatic heterocycles. The van der Waals surface area contributed by atoms with E-state index in [1.807, 2.05) is 43.4 Å². The second kappa shape index (κ2) is 10.3. The molecule has 2 aromatic rings. The van der Waals surface area contributed by atoms with E-state index >= 15 is 0 Å². The van der Waals surface area contributed by atoms with Gasteiger partial charge in [0.1, 0.15) is 5.75 Å². The van der Waals surface area contributed by atoms with Crippen LogP contribution in [0.5, 0.6) is 5.75 Å². The molecular weight excluding hydrogens is 398 g/mol. The monoisotopic (exact) mass is 429 g/mol. The highest BCUT2D eigenvalue weighted by molar-refractivity contribution is 6.30.